The minimum atomic E-state index is -0.113. The summed E-state index contributed by atoms with van der Waals surface area (Å²) >= 11 is 0. The molecule has 1 aliphatic rings. The molecule has 5 heteroatoms. The highest BCUT2D eigenvalue weighted by atomic mass is 16.2. The molecular weight excluding hydrogens is 180 g/mol. The van der Waals surface area contributed by atoms with Gasteiger partial charge >= 0.3 is 0 Å². The predicted octanol–water partition coefficient (Wildman–Crippen LogP) is 2.21. The van der Waals surface area contributed by atoms with E-state index >= 15 is 0 Å². The van der Waals surface area contributed by atoms with E-state index in [-0.39, 0.29) is 12.5 Å². The topological polar surface area (TPSA) is 69.1 Å². The van der Waals surface area contributed by atoms with E-state index in [0.29, 0.717) is 6.54 Å². The summed E-state index contributed by atoms with van der Waals surface area (Å²) < 4.78 is 0. The molecule has 0 bridgehead atoms. The van der Waals surface area contributed by atoms with Gasteiger partial charge in [-0.25, -0.2) is 0 Å². The molecule has 0 N–H and O–H groups in total. The minimum Gasteiger partial charge on any atom is -0.317 e. The summed E-state index contributed by atoms with van der Waals surface area (Å²) in [5.41, 5.74) is 9.18. The Kier molecular flexibility index (Phi) is 4.01. The van der Waals surface area contributed by atoms with Gasteiger partial charge in [-0.05, 0) is 31.7 Å². The van der Waals surface area contributed by atoms with Crippen LogP contribution in [0.15, 0.2) is 16.9 Å². The van der Waals surface area contributed by atoms with Gasteiger partial charge in [0.15, 0.2) is 0 Å². The lowest BCUT2D eigenvalue weighted by atomic mass is 10.3. The Morgan fingerprint density at radius 2 is 2.57 bits per heavy atom. The Labute approximate surface area is 83.0 Å². The van der Waals surface area contributed by atoms with Crippen molar-refractivity contribution < 1.29 is 4.79 Å². The fourth-order valence-corrected chi connectivity index (χ4v) is 1.62. The van der Waals surface area contributed by atoms with Crippen LogP contribution in [0.25, 0.3) is 10.4 Å². The Morgan fingerprint density at radius 1 is 1.79 bits per heavy atom. The molecule has 1 amide bonds. The molecule has 0 atom stereocenters. The summed E-state index contributed by atoms with van der Waals surface area (Å²) in [6.45, 7) is 2.49. The van der Waals surface area contributed by atoms with Gasteiger partial charge in [-0.2, -0.15) is 0 Å². The summed E-state index contributed by atoms with van der Waals surface area (Å²) in [6.07, 6.45) is 5.19. The summed E-state index contributed by atoms with van der Waals surface area (Å²) in [6, 6.07) is 0. The van der Waals surface area contributed by atoms with Gasteiger partial charge in [-0.1, -0.05) is 11.2 Å². The zero-order chi connectivity index (χ0) is 10.4. The second kappa shape index (κ2) is 5.29. The van der Waals surface area contributed by atoms with Crippen molar-refractivity contribution in [1.82, 2.24) is 4.90 Å². The molecule has 76 valence electrons. The van der Waals surface area contributed by atoms with Crippen LogP contribution in [0, 0.1) is 0 Å². The molecule has 0 fully saturated rings. The van der Waals surface area contributed by atoms with Gasteiger partial charge in [0.1, 0.15) is 6.54 Å². The van der Waals surface area contributed by atoms with E-state index in [1.807, 2.05) is 6.92 Å². The zero-order valence-corrected chi connectivity index (χ0v) is 8.31. The maximum atomic E-state index is 11.5. The number of rotatable bonds is 4. The van der Waals surface area contributed by atoms with Crippen LogP contribution in [0.4, 0.5) is 0 Å². The molecule has 0 radical (unpaired) electrons. The first-order chi connectivity index (χ1) is 6.79. The van der Waals surface area contributed by atoms with E-state index in [0.717, 1.165) is 25.0 Å². The molecule has 0 saturated carbocycles. The van der Waals surface area contributed by atoms with Crippen molar-refractivity contribution in [3.8, 4) is 0 Å². The maximum Gasteiger partial charge on any atom is 0.232 e. The van der Waals surface area contributed by atoms with Crippen LogP contribution in [-0.4, -0.2) is 23.9 Å². The number of hydrogen-bond donors (Lipinski definition) is 0. The molecule has 1 rings (SSSR count). The standard InChI is InChI=1S/C9H14N4O/c1-2-13(8-5-3-4-6-8)9(14)7-11-12-10/h5H,2-4,6-7H2,1H3. The SMILES string of the molecule is CCN(C(=O)CN=[N+]=[N-])C1=CCCC1. The van der Waals surface area contributed by atoms with Crippen LogP contribution < -0.4 is 0 Å². The van der Waals surface area contributed by atoms with Gasteiger partial charge in [0, 0.05) is 17.2 Å². The van der Waals surface area contributed by atoms with E-state index < -0.39 is 0 Å². The normalized spacial score (nSPS) is 14.5. The third kappa shape index (κ3) is 2.50. The van der Waals surface area contributed by atoms with E-state index in [1.54, 1.807) is 4.90 Å². The average Bonchev–Trinajstić information content (AvgIpc) is 2.69. The van der Waals surface area contributed by atoms with Crippen molar-refractivity contribution >= 4 is 5.91 Å². The second-order valence-electron chi connectivity index (χ2n) is 3.11. The van der Waals surface area contributed by atoms with Gasteiger partial charge in [0.25, 0.3) is 0 Å². The number of carbonyl (C=O) groups excluding carboxylic acids is 1. The lowest BCUT2D eigenvalue weighted by molar-refractivity contribution is -0.127. The predicted molar refractivity (Wildman–Crippen MR) is 53.3 cm³/mol. The van der Waals surface area contributed by atoms with Crippen molar-refractivity contribution in [3.05, 3.63) is 22.2 Å². The van der Waals surface area contributed by atoms with Gasteiger partial charge in [0.05, 0.1) is 0 Å². The van der Waals surface area contributed by atoms with Crippen molar-refractivity contribution in [2.24, 2.45) is 5.11 Å². The fourth-order valence-electron chi connectivity index (χ4n) is 1.62. The second-order valence-corrected chi connectivity index (χ2v) is 3.11. The number of nitrogens with zero attached hydrogens (tertiary/aromatic N) is 4. The monoisotopic (exact) mass is 194 g/mol. The summed E-state index contributed by atoms with van der Waals surface area (Å²) in [5.74, 6) is -0.113. The molecular formula is C9H14N4O. The Morgan fingerprint density at radius 3 is 3.07 bits per heavy atom. The molecule has 0 aromatic rings. The van der Waals surface area contributed by atoms with Crippen molar-refractivity contribution in [2.75, 3.05) is 13.1 Å². The number of hydrogen-bond acceptors (Lipinski definition) is 2. The quantitative estimate of drug-likeness (QED) is 0.384. The molecule has 0 spiro atoms. The maximum absolute atomic E-state index is 11.5. The third-order valence-electron chi connectivity index (χ3n) is 2.25. The van der Waals surface area contributed by atoms with Crippen LogP contribution in [-0.2, 0) is 4.79 Å². The highest BCUT2D eigenvalue weighted by molar-refractivity contribution is 5.80. The zero-order valence-electron chi connectivity index (χ0n) is 8.31. The van der Waals surface area contributed by atoms with E-state index in [2.05, 4.69) is 16.1 Å². The summed E-state index contributed by atoms with van der Waals surface area (Å²) in [4.78, 5) is 15.8. The number of azide groups is 1. The Hall–Kier alpha value is -1.48. The lowest BCUT2D eigenvalue weighted by Gasteiger charge is -2.21. The third-order valence-corrected chi connectivity index (χ3v) is 2.25. The van der Waals surface area contributed by atoms with E-state index in [1.165, 1.54) is 0 Å². The smallest absolute Gasteiger partial charge is 0.232 e. The van der Waals surface area contributed by atoms with Gasteiger partial charge < -0.3 is 4.90 Å². The number of carbonyl (C=O) groups is 1. The lowest BCUT2D eigenvalue weighted by Crippen LogP contribution is -2.31. The molecule has 5 nitrogen and oxygen atoms in total. The highest BCUT2D eigenvalue weighted by Gasteiger charge is 2.17. The van der Waals surface area contributed by atoms with Crippen LogP contribution in [0.1, 0.15) is 26.2 Å². The summed E-state index contributed by atoms with van der Waals surface area (Å²) in [5, 5.41) is 3.27. The van der Waals surface area contributed by atoms with Crippen molar-refractivity contribution in [2.45, 2.75) is 26.2 Å². The molecule has 0 aromatic heterocycles. The molecule has 14 heavy (non-hydrogen) atoms. The Bertz CT molecular complexity index is 291. The molecule has 1 aliphatic carbocycles. The van der Waals surface area contributed by atoms with Gasteiger partial charge in [-0.3, -0.25) is 4.79 Å². The van der Waals surface area contributed by atoms with Crippen LogP contribution in [0.3, 0.4) is 0 Å². The van der Waals surface area contributed by atoms with Crippen LogP contribution >= 0.6 is 0 Å². The van der Waals surface area contributed by atoms with E-state index in [9.17, 15) is 4.79 Å². The molecule has 0 aromatic carbocycles. The molecule has 0 heterocycles. The fraction of sp³-hybridized carbons (Fsp3) is 0.667. The van der Waals surface area contributed by atoms with Crippen molar-refractivity contribution in [3.63, 3.8) is 0 Å². The minimum absolute atomic E-state index is 0.0817. The Balaban J connectivity index is 2.60. The number of allylic oxidation sites excluding steroid dienone is 2. The average molecular weight is 194 g/mol. The number of likely N-dealkylation sites (N-methyl/N-ethyl adjacent to an activating group) is 1. The first-order valence-electron chi connectivity index (χ1n) is 4.79. The van der Waals surface area contributed by atoms with Crippen LogP contribution in [0.2, 0.25) is 0 Å². The molecule has 0 saturated heterocycles. The van der Waals surface area contributed by atoms with Crippen LogP contribution in [0.5, 0.6) is 0 Å². The van der Waals surface area contributed by atoms with Gasteiger partial charge in [0.2, 0.25) is 5.91 Å². The largest absolute Gasteiger partial charge is 0.317 e. The summed E-state index contributed by atoms with van der Waals surface area (Å²) in [7, 11) is 0. The van der Waals surface area contributed by atoms with E-state index in [4.69, 9.17) is 5.53 Å². The van der Waals surface area contributed by atoms with Gasteiger partial charge in [-0.15, -0.1) is 0 Å². The number of amides is 1. The first-order valence-corrected chi connectivity index (χ1v) is 4.79. The highest BCUT2D eigenvalue weighted by Crippen LogP contribution is 2.21. The molecule has 0 unspecified atom stereocenters. The molecule has 0 aliphatic heterocycles. The van der Waals surface area contributed by atoms with Crippen molar-refractivity contribution in [1.29, 1.82) is 0 Å². The first kappa shape index (κ1) is 10.6.